The van der Waals surface area contributed by atoms with Gasteiger partial charge in [0.2, 0.25) is 11.8 Å². The molecule has 2 rings (SSSR count). The maximum absolute atomic E-state index is 11.3. The molecule has 11 heteroatoms. The first kappa shape index (κ1) is 45.8. The van der Waals surface area contributed by atoms with Crippen LogP contribution in [-0.2, 0) is 32.8 Å². The van der Waals surface area contributed by atoms with E-state index < -0.39 is 26.1 Å². The monoisotopic (exact) mass is 741 g/mol. The zero-order chi connectivity index (χ0) is 38.0. The Kier molecular flexibility index (Phi) is 20.5. The summed E-state index contributed by atoms with van der Waals surface area (Å²) in [5.74, 6) is 0.619. The van der Waals surface area contributed by atoms with Crippen molar-refractivity contribution in [3.8, 4) is 0 Å². The first-order valence-corrected chi connectivity index (χ1v) is 22.9. The molecule has 0 unspecified atom stereocenters. The number of nitrogens with zero attached hydrogens (tertiary/aromatic N) is 2. The van der Waals surface area contributed by atoms with Gasteiger partial charge in [0.25, 0.3) is 0 Å². The maximum Gasteiger partial charge on any atom is 0.218 e. The molecule has 298 valence electrons. The molecule has 2 aliphatic rings. The second kappa shape index (κ2) is 22.8. The molecule has 51 heavy (non-hydrogen) atoms. The Morgan fingerprint density at radius 1 is 0.922 bits per heavy atom. The van der Waals surface area contributed by atoms with E-state index in [0.717, 1.165) is 44.9 Å². The van der Waals surface area contributed by atoms with Crippen molar-refractivity contribution in [2.75, 3.05) is 46.9 Å². The van der Waals surface area contributed by atoms with E-state index in [9.17, 15) is 5.11 Å². The van der Waals surface area contributed by atoms with Crippen LogP contribution in [0.3, 0.4) is 0 Å². The predicted molar refractivity (Wildman–Crippen MR) is 210 cm³/mol. The van der Waals surface area contributed by atoms with Gasteiger partial charge in [0.15, 0.2) is 19.6 Å². The molecule has 0 amide bonds. The summed E-state index contributed by atoms with van der Waals surface area (Å²) in [5, 5.41) is 11.2. The van der Waals surface area contributed by atoms with E-state index in [1.807, 2.05) is 13.8 Å². The fraction of sp³-hybridized carbons (Fsp3) is 0.900. The Bertz CT molecular complexity index is 1050. The minimum atomic E-state index is -2.44. The van der Waals surface area contributed by atoms with Crippen molar-refractivity contribution in [1.29, 1.82) is 0 Å². The van der Waals surface area contributed by atoms with Gasteiger partial charge in [-0.2, -0.15) is 0 Å². The highest BCUT2D eigenvalue weighted by Crippen LogP contribution is 2.42. The van der Waals surface area contributed by atoms with Crippen LogP contribution in [0.1, 0.15) is 132 Å². The van der Waals surface area contributed by atoms with Crippen molar-refractivity contribution in [3.63, 3.8) is 0 Å². The number of aliphatic hydroxyl groups excluding tert-OH is 1. The van der Waals surface area contributed by atoms with Gasteiger partial charge < -0.3 is 38.0 Å². The standard InChI is InChI=1S/C40H76N2O8Si/c1-12-15-16-23-26-39(48-28-29-49-39)27-24-21-19-17-18-20-22-25-33(47-31-44-9)35(50-51(10,11)38(6,7)8)40(30-43)37(46-14-3)41-34(32(4)5)36(42-40)45-13-2/h20,22,32-35,43H,12-19,21,23-31H2,1-11H3/b22-20+/t33-,34-,35+,40+/m1/s1. The van der Waals surface area contributed by atoms with E-state index in [4.69, 9.17) is 42.8 Å². The van der Waals surface area contributed by atoms with Gasteiger partial charge >= 0.3 is 0 Å². The van der Waals surface area contributed by atoms with Crippen molar-refractivity contribution in [2.24, 2.45) is 15.9 Å². The summed E-state index contributed by atoms with van der Waals surface area (Å²) in [6.45, 7) is 23.2. The van der Waals surface area contributed by atoms with E-state index in [1.165, 1.54) is 25.7 Å². The molecule has 1 N–H and O–H groups in total. The first-order chi connectivity index (χ1) is 24.3. The molecule has 0 saturated carbocycles. The summed E-state index contributed by atoms with van der Waals surface area (Å²) >= 11 is 0. The van der Waals surface area contributed by atoms with Gasteiger partial charge in [-0.05, 0) is 70.0 Å². The highest BCUT2D eigenvalue weighted by Gasteiger charge is 2.56. The number of aliphatic imine (C=N–C) groups is 2. The number of ether oxygens (including phenoxy) is 6. The Morgan fingerprint density at radius 2 is 1.55 bits per heavy atom. The van der Waals surface area contributed by atoms with E-state index in [-0.39, 0.29) is 36.2 Å². The Morgan fingerprint density at radius 3 is 2.10 bits per heavy atom. The molecule has 0 aromatic rings. The average molecular weight is 741 g/mol. The van der Waals surface area contributed by atoms with Gasteiger partial charge in [0.05, 0.1) is 39.1 Å². The molecule has 2 heterocycles. The SMILES string of the molecule is CCCCCCC1(CCCCCC/C=C/C[C@@H](OCOC)[C@H](O[Si](C)(C)C(C)(C)C)[C@]2(CO)N=C(OCC)[C@@H](C(C)C)N=C2OCC)OCCO1. The van der Waals surface area contributed by atoms with Gasteiger partial charge in [0.1, 0.15) is 18.9 Å². The van der Waals surface area contributed by atoms with Crippen LogP contribution in [0.15, 0.2) is 22.1 Å². The summed E-state index contributed by atoms with van der Waals surface area (Å²) in [6.07, 6.45) is 16.2. The second-order valence-corrected chi connectivity index (χ2v) is 20.8. The predicted octanol–water partition coefficient (Wildman–Crippen LogP) is 9.01. The molecule has 0 spiro atoms. The van der Waals surface area contributed by atoms with E-state index in [2.05, 4.69) is 66.8 Å². The van der Waals surface area contributed by atoms with Crippen molar-refractivity contribution in [2.45, 2.75) is 180 Å². The highest BCUT2D eigenvalue weighted by atomic mass is 28.4. The van der Waals surface area contributed by atoms with Gasteiger partial charge in [-0.25, -0.2) is 9.98 Å². The molecule has 4 atom stereocenters. The lowest BCUT2D eigenvalue weighted by molar-refractivity contribution is -0.168. The van der Waals surface area contributed by atoms with Crippen molar-refractivity contribution >= 4 is 20.1 Å². The molecule has 2 aliphatic heterocycles. The van der Waals surface area contributed by atoms with Crippen LogP contribution in [0.2, 0.25) is 18.1 Å². The number of allylic oxidation sites excluding steroid dienone is 1. The van der Waals surface area contributed by atoms with Crippen LogP contribution < -0.4 is 0 Å². The summed E-state index contributed by atoms with van der Waals surface area (Å²) < 4.78 is 43.6. The number of methoxy groups -OCH3 is 1. The number of hydrogen-bond donors (Lipinski definition) is 1. The van der Waals surface area contributed by atoms with E-state index in [0.29, 0.717) is 44.6 Å². The van der Waals surface area contributed by atoms with Crippen LogP contribution in [0.25, 0.3) is 0 Å². The Labute approximate surface area is 312 Å². The van der Waals surface area contributed by atoms with Crippen LogP contribution in [0.5, 0.6) is 0 Å². The average Bonchev–Trinajstić information content (AvgIpc) is 3.55. The zero-order valence-corrected chi connectivity index (χ0v) is 35.4. The Balaban J connectivity index is 2.24. The molecule has 10 nitrogen and oxygen atoms in total. The number of hydrogen-bond acceptors (Lipinski definition) is 10. The summed E-state index contributed by atoms with van der Waals surface area (Å²) in [6, 6.07) is -0.326. The zero-order valence-electron chi connectivity index (χ0n) is 34.4. The minimum Gasteiger partial charge on any atom is -0.480 e. The van der Waals surface area contributed by atoms with Crippen LogP contribution in [-0.4, -0.2) is 102 Å². The molecule has 0 aliphatic carbocycles. The second-order valence-electron chi connectivity index (χ2n) is 16.0. The molecular weight excluding hydrogens is 665 g/mol. The molecule has 1 fully saturated rings. The molecule has 0 radical (unpaired) electrons. The molecule has 1 saturated heterocycles. The van der Waals surface area contributed by atoms with Gasteiger partial charge in [-0.3, -0.25) is 0 Å². The summed E-state index contributed by atoms with van der Waals surface area (Å²) in [4.78, 5) is 10.2. The molecular formula is C40H76N2O8Si. The number of aliphatic hydroxyl groups is 1. The topological polar surface area (TPSA) is 110 Å². The lowest BCUT2D eigenvalue weighted by atomic mass is 9.86. The normalized spacial score (nSPS) is 22.3. The van der Waals surface area contributed by atoms with Crippen LogP contribution in [0, 0.1) is 5.92 Å². The van der Waals surface area contributed by atoms with Crippen LogP contribution in [0.4, 0.5) is 0 Å². The first-order valence-electron chi connectivity index (χ1n) is 20.0. The van der Waals surface area contributed by atoms with Gasteiger partial charge in [0, 0.05) is 20.0 Å². The fourth-order valence-electron chi connectivity index (χ4n) is 6.48. The van der Waals surface area contributed by atoms with Crippen molar-refractivity contribution < 1.29 is 38.0 Å². The summed E-state index contributed by atoms with van der Waals surface area (Å²) in [5.41, 5.74) is -1.35. The van der Waals surface area contributed by atoms with Crippen LogP contribution >= 0.6 is 0 Å². The molecule has 0 aromatic carbocycles. The largest absolute Gasteiger partial charge is 0.480 e. The maximum atomic E-state index is 11.3. The highest BCUT2D eigenvalue weighted by molar-refractivity contribution is 6.74. The lowest BCUT2D eigenvalue weighted by Gasteiger charge is -2.48. The quantitative estimate of drug-likeness (QED) is 0.0428. The third-order valence-corrected chi connectivity index (χ3v) is 15.0. The third kappa shape index (κ3) is 13.8. The summed E-state index contributed by atoms with van der Waals surface area (Å²) in [7, 11) is -0.829. The molecule has 0 aromatic heterocycles. The minimum absolute atomic E-state index is 0.0721. The van der Waals surface area contributed by atoms with E-state index in [1.54, 1.807) is 7.11 Å². The Hall–Kier alpha value is -1.34. The van der Waals surface area contributed by atoms with Gasteiger partial charge in [-0.1, -0.05) is 85.8 Å². The smallest absolute Gasteiger partial charge is 0.218 e. The number of unbranched alkanes of at least 4 members (excludes halogenated alkanes) is 7. The lowest BCUT2D eigenvalue weighted by Crippen LogP contribution is -2.64. The van der Waals surface area contributed by atoms with E-state index >= 15 is 0 Å². The van der Waals surface area contributed by atoms with Gasteiger partial charge in [-0.15, -0.1) is 0 Å². The third-order valence-electron chi connectivity index (χ3n) is 10.5. The number of rotatable bonds is 25. The van der Waals surface area contributed by atoms with Crippen molar-refractivity contribution in [1.82, 2.24) is 0 Å². The van der Waals surface area contributed by atoms with Crippen molar-refractivity contribution in [3.05, 3.63) is 12.2 Å². The fourth-order valence-corrected chi connectivity index (χ4v) is 7.82. The molecule has 0 bridgehead atoms.